The molecule has 1 aromatic rings. The van der Waals surface area contributed by atoms with Crippen molar-refractivity contribution >= 4 is 11.9 Å². The van der Waals surface area contributed by atoms with Gasteiger partial charge >= 0.3 is 0 Å². The number of nitrogens with zero attached hydrogens (tertiary/aromatic N) is 3. The van der Waals surface area contributed by atoms with Crippen LogP contribution >= 0.6 is 0 Å². The van der Waals surface area contributed by atoms with Crippen LogP contribution in [0.4, 0.5) is 0 Å². The van der Waals surface area contributed by atoms with Gasteiger partial charge in [-0.25, -0.2) is 0 Å². The molecule has 5 heteroatoms. The van der Waals surface area contributed by atoms with E-state index in [2.05, 4.69) is 42.9 Å². The monoisotopic (exact) mass is 384 g/mol. The van der Waals surface area contributed by atoms with Crippen molar-refractivity contribution in [3.63, 3.8) is 0 Å². The molecule has 0 saturated heterocycles. The Hall–Kier alpha value is -2.30. The first-order valence-corrected chi connectivity index (χ1v) is 10.6. The van der Waals surface area contributed by atoms with Gasteiger partial charge in [0.05, 0.1) is 0 Å². The Morgan fingerprint density at radius 3 is 2.57 bits per heavy atom. The maximum atomic E-state index is 12.5. The molecule has 0 atom stereocenters. The molecule has 1 heterocycles. The van der Waals surface area contributed by atoms with E-state index in [1.807, 2.05) is 23.1 Å². The molecule has 2 rings (SSSR count). The van der Waals surface area contributed by atoms with E-state index in [0.717, 1.165) is 51.4 Å². The maximum Gasteiger partial charge on any atom is 0.223 e. The molecule has 1 aliphatic heterocycles. The van der Waals surface area contributed by atoms with Crippen molar-refractivity contribution in [3.05, 3.63) is 48.0 Å². The number of amides is 1. The molecule has 0 radical (unpaired) electrons. The molecule has 1 amide bonds. The van der Waals surface area contributed by atoms with E-state index >= 15 is 0 Å². The fourth-order valence-corrected chi connectivity index (χ4v) is 3.47. The molecule has 0 unspecified atom stereocenters. The molecule has 28 heavy (non-hydrogen) atoms. The van der Waals surface area contributed by atoms with Gasteiger partial charge in [0.2, 0.25) is 5.91 Å². The SMILES string of the molecule is C=CCCCCCN(C)C(=NCCCC(=O)N1Cc2ccccc2C1)NCC. The number of rotatable bonds is 11. The molecule has 0 aliphatic carbocycles. The average molecular weight is 385 g/mol. The van der Waals surface area contributed by atoms with Crippen molar-refractivity contribution in [1.82, 2.24) is 15.1 Å². The first-order valence-electron chi connectivity index (χ1n) is 10.6. The van der Waals surface area contributed by atoms with Gasteiger partial charge in [0.15, 0.2) is 5.96 Å². The van der Waals surface area contributed by atoms with E-state index in [-0.39, 0.29) is 5.91 Å². The number of allylic oxidation sites excluding steroid dienone is 1. The zero-order chi connectivity index (χ0) is 20.2. The Morgan fingerprint density at radius 2 is 1.93 bits per heavy atom. The van der Waals surface area contributed by atoms with Crippen molar-refractivity contribution < 1.29 is 4.79 Å². The predicted octanol–water partition coefficient (Wildman–Crippen LogP) is 3.95. The highest BCUT2D eigenvalue weighted by Crippen LogP contribution is 2.22. The molecule has 0 bridgehead atoms. The number of benzene rings is 1. The van der Waals surface area contributed by atoms with Crippen LogP contribution in [-0.2, 0) is 17.9 Å². The van der Waals surface area contributed by atoms with Gasteiger partial charge in [0.25, 0.3) is 0 Å². The van der Waals surface area contributed by atoms with Crippen LogP contribution in [-0.4, -0.2) is 48.3 Å². The zero-order valence-corrected chi connectivity index (χ0v) is 17.6. The summed E-state index contributed by atoms with van der Waals surface area (Å²) in [5.41, 5.74) is 2.55. The van der Waals surface area contributed by atoms with Gasteiger partial charge < -0.3 is 15.1 Å². The lowest BCUT2D eigenvalue weighted by Gasteiger charge is -2.22. The summed E-state index contributed by atoms with van der Waals surface area (Å²) in [7, 11) is 2.08. The summed E-state index contributed by atoms with van der Waals surface area (Å²) in [5, 5.41) is 3.35. The van der Waals surface area contributed by atoms with Crippen LogP contribution in [0.15, 0.2) is 41.9 Å². The number of unbranched alkanes of at least 4 members (excludes halogenated alkanes) is 3. The number of hydrogen-bond donors (Lipinski definition) is 1. The number of carbonyl (C=O) groups is 1. The summed E-state index contributed by atoms with van der Waals surface area (Å²) in [4.78, 5) is 21.3. The van der Waals surface area contributed by atoms with E-state index in [1.54, 1.807) is 0 Å². The van der Waals surface area contributed by atoms with Crippen LogP contribution in [0.25, 0.3) is 0 Å². The number of aliphatic imine (C=N–C) groups is 1. The fourth-order valence-electron chi connectivity index (χ4n) is 3.47. The highest BCUT2D eigenvalue weighted by atomic mass is 16.2. The third kappa shape index (κ3) is 7.02. The van der Waals surface area contributed by atoms with E-state index in [1.165, 1.54) is 24.0 Å². The van der Waals surface area contributed by atoms with Crippen LogP contribution in [0.3, 0.4) is 0 Å². The molecule has 154 valence electrons. The van der Waals surface area contributed by atoms with Crippen molar-refractivity contribution in [2.24, 2.45) is 4.99 Å². The second kappa shape index (κ2) is 12.2. The van der Waals surface area contributed by atoms with Gasteiger partial charge in [-0.2, -0.15) is 0 Å². The number of nitrogens with one attached hydrogen (secondary N) is 1. The third-order valence-corrected chi connectivity index (χ3v) is 5.10. The Morgan fingerprint density at radius 1 is 1.21 bits per heavy atom. The summed E-state index contributed by atoms with van der Waals surface area (Å²) in [6.45, 7) is 9.87. The Labute approximate surface area is 170 Å². The van der Waals surface area contributed by atoms with E-state index < -0.39 is 0 Å². The minimum absolute atomic E-state index is 0.229. The van der Waals surface area contributed by atoms with Crippen LogP contribution in [0.2, 0.25) is 0 Å². The largest absolute Gasteiger partial charge is 0.357 e. The molecule has 1 aromatic carbocycles. The predicted molar refractivity (Wildman–Crippen MR) is 117 cm³/mol. The van der Waals surface area contributed by atoms with Crippen LogP contribution in [0, 0.1) is 0 Å². The van der Waals surface area contributed by atoms with Crippen LogP contribution < -0.4 is 5.32 Å². The highest BCUT2D eigenvalue weighted by Gasteiger charge is 2.22. The van der Waals surface area contributed by atoms with Gasteiger partial charge in [-0.1, -0.05) is 36.8 Å². The van der Waals surface area contributed by atoms with Gasteiger partial charge in [0, 0.05) is 46.2 Å². The van der Waals surface area contributed by atoms with E-state index in [9.17, 15) is 4.79 Å². The molecule has 0 aromatic heterocycles. The summed E-state index contributed by atoms with van der Waals surface area (Å²) in [6, 6.07) is 8.31. The van der Waals surface area contributed by atoms with Crippen molar-refractivity contribution in [2.75, 3.05) is 26.7 Å². The maximum absolute atomic E-state index is 12.5. The number of guanidine groups is 1. The van der Waals surface area contributed by atoms with Gasteiger partial charge in [-0.15, -0.1) is 6.58 Å². The molecular formula is C23H36N4O. The average Bonchev–Trinajstić information content (AvgIpc) is 3.14. The Kier molecular flexibility index (Phi) is 9.60. The quantitative estimate of drug-likeness (QED) is 0.272. The topological polar surface area (TPSA) is 47.9 Å². The summed E-state index contributed by atoms with van der Waals surface area (Å²) < 4.78 is 0. The third-order valence-electron chi connectivity index (χ3n) is 5.10. The normalized spacial score (nSPS) is 13.4. The first kappa shape index (κ1) is 22.0. The first-order chi connectivity index (χ1) is 13.7. The van der Waals surface area contributed by atoms with Crippen molar-refractivity contribution in [1.29, 1.82) is 0 Å². The second-order valence-electron chi connectivity index (χ2n) is 7.42. The summed E-state index contributed by atoms with van der Waals surface area (Å²) >= 11 is 0. The zero-order valence-electron chi connectivity index (χ0n) is 17.6. The van der Waals surface area contributed by atoms with Crippen LogP contribution in [0.5, 0.6) is 0 Å². The minimum Gasteiger partial charge on any atom is -0.357 e. The van der Waals surface area contributed by atoms with E-state index in [4.69, 9.17) is 4.99 Å². The number of fused-ring (bicyclic) bond motifs is 1. The van der Waals surface area contributed by atoms with Gasteiger partial charge in [-0.05, 0) is 43.7 Å². The summed E-state index contributed by atoms with van der Waals surface area (Å²) in [6.07, 6.45) is 7.99. The molecule has 0 saturated carbocycles. The van der Waals surface area contributed by atoms with Crippen molar-refractivity contribution in [2.45, 2.75) is 58.5 Å². The molecule has 5 nitrogen and oxygen atoms in total. The second-order valence-corrected chi connectivity index (χ2v) is 7.42. The highest BCUT2D eigenvalue weighted by molar-refractivity contribution is 5.80. The minimum atomic E-state index is 0.229. The molecule has 0 spiro atoms. The fraction of sp³-hybridized carbons (Fsp3) is 0.565. The smallest absolute Gasteiger partial charge is 0.223 e. The molecule has 1 N–H and O–H groups in total. The lowest BCUT2D eigenvalue weighted by molar-refractivity contribution is -0.131. The Balaban J connectivity index is 1.71. The standard InChI is InChI=1S/C23H36N4O/c1-4-6-7-8-11-17-26(3)23(24-5-2)25-16-12-15-22(28)27-18-20-13-9-10-14-21(20)19-27/h4,9-10,13-14H,1,5-8,11-12,15-19H2,2-3H3,(H,24,25). The Bertz CT molecular complexity index is 631. The number of carbonyl (C=O) groups excluding carboxylic acids is 1. The summed E-state index contributed by atoms with van der Waals surface area (Å²) in [5.74, 6) is 1.17. The molecule has 1 aliphatic rings. The van der Waals surface area contributed by atoms with Gasteiger partial charge in [-0.3, -0.25) is 9.79 Å². The van der Waals surface area contributed by atoms with E-state index in [0.29, 0.717) is 13.0 Å². The molecule has 0 fully saturated rings. The number of hydrogen-bond acceptors (Lipinski definition) is 2. The van der Waals surface area contributed by atoms with Crippen LogP contribution in [0.1, 0.15) is 56.6 Å². The van der Waals surface area contributed by atoms with Crippen molar-refractivity contribution in [3.8, 4) is 0 Å². The lowest BCUT2D eigenvalue weighted by atomic mass is 10.1. The molecular weight excluding hydrogens is 348 g/mol. The van der Waals surface area contributed by atoms with Gasteiger partial charge in [0.1, 0.15) is 0 Å². The lowest BCUT2D eigenvalue weighted by Crippen LogP contribution is -2.39.